The van der Waals surface area contributed by atoms with Crippen LogP contribution >= 0.6 is 0 Å². The van der Waals surface area contributed by atoms with E-state index in [1.165, 1.54) is 51.4 Å². The standard InChI is InChI=1S/C30H50O/c1-19(2)21-11-13-27(5)15-16-29(7)22(25(21)27)9-10-24-28(6)18-20(31)17-26(3,4)23(28)12-14-30(24,29)8/h19,21-25H,9-18H2,1-8H3/t21-,22+,23-,24+,25+,27+,28+,29+,30-/m0/s1. The van der Waals surface area contributed by atoms with Crippen molar-refractivity contribution >= 4 is 5.78 Å². The van der Waals surface area contributed by atoms with Crippen LogP contribution in [0.15, 0.2) is 0 Å². The topological polar surface area (TPSA) is 17.1 Å². The van der Waals surface area contributed by atoms with Crippen LogP contribution in [0.1, 0.15) is 120 Å². The predicted molar refractivity (Wildman–Crippen MR) is 130 cm³/mol. The van der Waals surface area contributed by atoms with Gasteiger partial charge in [0.1, 0.15) is 5.78 Å². The second kappa shape index (κ2) is 6.63. The van der Waals surface area contributed by atoms with Crippen molar-refractivity contribution < 1.29 is 4.79 Å². The molecule has 0 N–H and O–H groups in total. The van der Waals surface area contributed by atoms with Gasteiger partial charge in [-0.05, 0) is 114 Å². The third kappa shape index (κ3) is 2.76. The molecular weight excluding hydrogens is 376 g/mol. The lowest BCUT2D eigenvalue weighted by atomic mass is 9.32. The Morgan fingerprint density at radius 3 is 2.13 bits per heavy atom. The highest BCUT2D eigenvalue weighted by molar-refractivity contribution is 5.81. The summed E-state index contributed by atoms with van der Waals surface area (Å²) >= 11 is 0. The molecule has 0 saturated heterocycles. The predicted octanol–water partition coefficient (Wildman–Crippen LogP) is 8.31. The minimum Gasteiger partial charge on any atom is -0.300 e. The maximum Gasteiger partial charge on any atom is 0.134 e. The first kappa shape index (κ1) is 22.5. The minimum absolute atomic E-state index is 0.183. The molecule has 0 unspecified atom stereocenters. The smallest absolute Gasteiger partial charge is 0.134 e. The first-order valence-electron chi connectivity index (χ1n) is 13.8. The molecule has 0 heterocycles. The Kier molecular flexibility index (Phi) is 4.80. The zero-order valence-electron chi connectivity index (χ0n) is 21.9. The van der Waals surface area contributed by atoms with E-state index in [1.807, 2.05) is 0 Å². The Hall–Kier alpha value is -0.330. The SMILES string of the molecule is CC(C)[C@@H]1CC[C@]2(C)CC[C@]3(C)[C@H](CC[C@@H]4[C@]5(C)CC(=O)CC(C)(C)[C@@H]5CC[C@@]43C)[C@@H]12. The molecule has 1 nitrogen and oxygen atoms in total. The highest BCUT2D eigenvalue weighted by Crippen LogP contribution is 2.77. The van der Waals surface area contributed by atoms with Gasteiger partial charge in [0.2, 0.25) is 0 Å². The minimum atomic E-state index is 0.183. The molecule has 9 atom stereocenters. The number of Topliss-reactive ketones (excluding diaryl/α,β-unsaturated/α-hetero) is 1. The number of hydrogen-bond donors (Lipinski definition) is 0. The van der Waals surface area contributed by atoms with Crippen LogP contribution in [0.3, 0.4) is 0 Å². The average Bonchev–Trinajstić information content (AvgIpc) is 2.99. The Labute approximate surface area is 192 Å². The zero-order valence-corrected chi connectivity index (χ0v) is 21.9. The van der Waals surface area contributed by atoms with Crippen molar-refractivity contribution in [1.29, 1.82) is 0 Å². The summed E-state index contributed by atoms with van der Waals surface area (Å²) in [6, 6.07) is 0. The lowest BCUT2D eigenvalue weighted by Crippen LogP contribution is -2.66. The van der Waals surface area contributed by atoms with Crippen molar-refractivity contribution in [2.75, 3.05) is 0 Å². The van der Waals surface area contributed by atoms with Gasteiger partial charge in [-0.3, -0.25) is 4.79 Å². The van der Waals surface area contributed by atoms with Crippen LogP contribution in [-0.2, 0) is 4.79 Å². The molecule has 176 valence electrons. The molecule has 0 aromatic carbocycles. The zero-order chi connectivity index (χ0) is 22.6. The van der Waals surface area contributed by atoms with Crippen molar-refractivity contribution in [2.45, 2.75) is 120 Å². The Bertz CT molecular complexity index is 764. The number of carbonyl (C=O) groups is 1. The van der Waals surface area contributed by atoms with E-state index < -0.39 is 0 Å². The summed E-state index contributed by atoms with van der Waals surface area (Å²) in [5.41, 5.74) is 1.85. The van der Waals surface area contributed by atoms with Crippen LogP contribution in [0.4, 0.5) is 0 Å². The molecule has 0 aromatic heterocycles. The van der Waals surface area contributed by atoms with E-state index in [9.17, 15) is 4.79 Å². The van der Waals surface area contributed by atoms with Crippen LogP contribution < -0.4 is 0 Å². The van der Waals surface area contributed by atoms with E-state index in [0.29, 0.717) is 22.0 Å². The quantitative estimate of drug-likeness (QED) is 0.412. The van der Waals surface area contributed by atoms with Crippen LogP contribution in [0.2, 0.25) is 0 Å². The van der Waals surface area contributed by atoms with Gasteiger partial charge in [-0.2, -0.15) is 0 Å². The monoisotopic (exact) mass is 426 g/mol. The fraction of sp³-hybridized carbons (Fsp3) is 0.967. The van der Waals surface area contributed by atoms with Gasteiger partial charge in [-0.1, -0.05) is 55.4 Å². The molecule has 0 bridgehead atoms. The van der Waals surface area contributed by atoms with Crippen LogP contribution in [0.25, 0.3) is 0 Å². The fourth-order valence-electron chi connectivity index (χ4n) is 11.8. The van der Waals surface area contributed by atoms with Crippen molar-refractivity contribution in [3.63, 3.8) is 0 Å². The molecule has 31 heavy (non-hydrogen) atoms. The molecule has 5 rings (SSSR count). The van der Waals surface area contributed by atoms with Gasteiger partial charge in [-0.25, -0.2) is 0 Å². The van der Waals surface area contributed by atoms with Crippen LogP contribution in [-0.4, -0.2) is 5.78 Å². The molecule has 0 aromatic rings. The molecule has 5 fully saturated rings. The van der Waals surface area contributed by atoms with Crippen molar-refractivity contribution in [3.8, 4) is 0 Å². The highest BCUT2D eigenvalue weighted by atomic mass is 16.1. The highest BCUT2D eigenvalue weighted by Gasteiger charge is 2.70. The van der Waals surface area contributed by atoms with Gasteiger partial charge in [0.25, 0.3) is 0 Å². The lowest BCUT2D eigenvalue weighted by Gasteiger charge is -2.72. The van der Waals surface area contributed by atoms with Gasteiger partial charge in [0.05, 0.1) is 0 Å². The number of fused-ring (bicyclic) bond motifs is 7. The van der Waals surface area contributed by atoms with Gasteiger partial charge in [0, 0.05) is 12.8 Å². The summed E-state index contributed by atoms with van der Waals surface area (Å²) < 4.78 is 0. The number of ketones is 1. The summed E-state index contributed by atoms with van der Waals surface area (Å²) in [6.45, 7) is 20.5. The fourth-order valence-corrected chi connectivity index (χ4v) is 11.8. The molecular formula is C30H50O. The van der Waals surface area contributed by atoms with E-state index in [1.54, 1.807) is 0 Å². The van der Waals surface area contributed by atoms with E-state index >= 15 is 0 Å². The summed E-state index contributed by atoms with van der Waals surface area (Å²) in [7, 11) is 0. The Morgan fingerprint density at radius 1 is 0.742 bits per heavy atom. The lowest BCUT2D eigenvalue weighted by molar-refractivity contribution is -0.234. The van der Waals surface area contributed by atoms with Crippen molar-refractivity contribution in [3.05, 3.63) is 0 Å². The van der Waals surface area contributed by atoms with Crippen molar-refractivity contribution in [2.24, 2.45) is 62.6 Å². The van der Waals surface area contributed by atoms with E-state index in [0.717, 1.165) is 48.3 Å². The number of rotatable bonds is 1. The number of hydrogen-bond acceptors (Lipinski definition) is 1. The molecule has 5 aliphatic rings. The molecule has 1 heteroatoms. The largest absolute Gasteiger partial charge is 0.300 e. The molecule has 0 aliphatic heterocycles. The normalized spacial score (nSPS) is 55.9. The third-order valence-corrected chi connectivity index (χ3v) is 13.2. The van der Waals surface area contributed by atoms with Gasteiger partial charge < -0.3 is 0 Å². The van der Waals surface area contributed by atoms with E-state index in [2.05, 4.69) is 55.4 Å². The summed E-state index contributed by atoms with van der Waals surface area (Å²) in [4.78, 5) is 13.0. The van der Waals surface area contributed by atoms with Crippen molar-refractivity contribution in [1.82, 2.24) is 0 Å². The van der Waals surface area contributed by atoms with Gasteiger partial charge in [0.15, 0.2) is 0 Å². The third-order valence-electron chi connectivity index (χ3n) is 13.2. The summed E-state index contributed by atoms with van der Waals surface area (Å²) in [5, 5.41) is 0. The Balaban J connectivity index is 1.55. The molecule has 0 spiro atoms. The molecule has 0 radical (unpaired) electrons. The van der Waals surface area contributed by atoms with E-state index in [4.69, 9.17) is 0 Å². The van der Waals surface area contributed by atoms with E-state index in [-0.39, 0.29) is 10.8 Å². The molecule has 0 amide bonds. The van der Waals surface area contributed by atoms with Gasteiger partial charge >= 0.3 is 0 Å². The summed E-state index contributed by atoms with van der Waals surface area (Å²) in [6.07, 6.45) is 13.0. The molecule has 5 aliphatic carbocycles. The summed E-state index contributed by atoms with van der Waals surface area (Å²) in [5.74, 6) is 5.58. The average molecular weight is 427 g/mol. The molecule has 5 saturated carbocycles. The van der Waals surface area contributed by atoms with Crippen LogP contribution in [0.5, 0.6) is 0 Å². The number of carbonyl (C=O) groups excluding carboxylic acids is 1. The second-order valence-electron chi connectivity index (χ2n) is 15.2. The maximum absolute atomic E-state index is 13.0. The van der Waals surface area contributed by atoms with Crippen LogP contribution in [0, 0.1) is 62.6 Å². The second-order valence-corrected chi connectivity index (χ2v) is 15.2. The first-order chi connectivity index (χ1) is 14.3. The van der Waals surface area contributed by atoms with Gasteiger partial charge in [-0.15, -0.1) is 0 Å². The maximum atomic E-state index is 13.0. The Morgan fingerprint density at radius 2 is 1.45 bits per heavy atom. The first-order valence-corrected chi connectivity index (χ1v) is 13.8.